The van der Waals surface area contributed by atoms with E-state index in [0.29, 0.717) is 0 Å². The molecule has 0 radical (unpaired) electrons. The predicted octanol–water partition coefficient (Wildman–Crippen LogP) is 5.31. The van der Waals surface area contributed by atoms with Gasteiger partial charge >= 0.3 is 0 Å². The second-order valence-electron chi connectivity index (χ2n) is 6.82. The lowest BCUT2D eigenvalue weighted by atomic mass is 9.86. The van der Waals surface area contributed by atoms with Crippen molar-refractivity contribution in [3.05, 3.63) is 35.5 Å². The fourth-order valence-electron chi connectivity index (χ4n) is 2.54. The molecule has 0 saturated heterocycles. The van der Waals surface area contributed by atoms with Crippen LogP contribution in [0.3, 0.4) is 0 Å². The van der Waals surface area contributed by atoms with Gasteiger partial charge in [-0.1, -0.05) is 47.1 Å². The summed E-state index contributed by atoms with van der Waals surface area (Å²) in [6.45, 7) is 12.2. The molecule has 0 aliphatic rings. The Balaban J connectivity index is 2.55. The Kier molecular flexibility index (Phi) is 4.87. The SMILES string of the molecule is CCCNc1cc(CCC)nc2ccc(C(C)(C)C)cc12. The lowest BCUT2D eigenvalue weighted by molar-refractivity contribution is 0.591. The maximum absolute atomic E-state index is 4.82. The molecule has 0 bridgehead atoms. The number of hydrogen-bond acceptors (Lipinski definition) is 2. The number of nitrogens with one attached hydrogen (secondary N) is 1. The fourth-order valence-corrected chi connectivity index (χ4v) is 2.54. The minimum atomic E-state index is 0.165. The van der Waals surface area contributed by atoms with E-state index in [1.54, 1.807) is 0 Å². The van der Waals surface area contributed by atoms with Crippen molar-refractivity contribution in [2.75, 3.05) is 11.9 Å². The third kappa shape index (κ3) is 3.75. The molecular weight excluding hydrogens is 256 g/mol. The molecule has 2 nitrogen and oxygen atoms in total. The van der Waals surface area contributed by atoms with Gasteiger partial charge in [0.25, 0.3) is 0 Å². The van der Waals surface area contributed by atoms with Gasteiger partial charge in [-0.2, -0.15) is 0 Å². The van der Waals surface area contributed by atoms with Gasteiger partial charge in [-0.15, -0.1) is 0 Å². The first kappa shape index (κ1) is 15.8. The Morgan fingerprint density at radius 2 is 1.81 bits per heavy atom. The topological polar surface area (TPSA) is 24.9 Å². The Morgan fingerprint density at radius 1 is 1.05 bits per heavy atom. The molecule has 0 amide bonds. The van der Waals surface area contributed by atoms with E-state index in [-0.39, 0.29) is 5.41 Å². The zero-order valence-corrected chi connectivity index (χ0v) is 14.1. The van der Waals surface area contributed by atoms with Crippen molar-refractivity contribution in [2.45, 2.75) is 59.3 Å². The number of rotatable bonds is 5. The van der Waals surface area contributed by atoms with Crippen molar-refractivity contribution in [1.82, 2.24) is 4.98 Å². The van der Waals surface area contributed by atoms with Crippen molar-refractivity contribution in [1.29, 1.82) is 0 Å². The highest BCUT2D eigenvalue weighted by Gasteiger charge is 2.15. The zero-order valence-electron chi connectivity index (χ0n) is 14.1. The molecule has 0 spiro atoms. The van der Waals surface area contributed by atoms with Gasteiger partial charge in [-0.3, -0.25) is 4.98 Å². The van der Waals surface area contributed by atoms with Gasteiger partial charge in [0.2, 0.25) is 0 Å². The van der Waals surface area contributed by atoms with Gasteiger partial charge in [0.05, 0.1) is 5.52 Å². The summed E-state index contributed by atoms with van der Waals surface area (Å²) in [5.74, 6) is 0. The average molecular weight is 284 g/mol. The first-order chi connectivity index (χ1) is 9.95. The first-order valence-electron chi connectivity index (χ1n) is 8.13. The highest BCUT2D eigenvalue weighted by atomic mass is 14.9. The highest BCUT2D eigenvalue weighted by Crippen LogP contribution is 2.30. The second-order valence-corrected chi connectivity index (χ2v) is 6.82. The van der Waals surface area contributed by atoms with Crippen LogP contribution in [-0.4, -0.2) is 11.5 Å². The molecule has 2 heteroatoms. The Hall–Kier alpha value is -1.57. The lowest BCUT2D eigenvalue weighted by Crippen LogP contribution is -2.11. The summed E-state index contributed by atoms with van der Waals surface area (Å²) in [5, 5.41) is 4.82. The van der Waals surface area contributed by atoms with Crippen LogP contribution in [0.4, 0.5) is 5.69 Å². The number of anilines is 1. The van der Waals surface area contributed by atoms with E-state index in [9.17, 15) is 0 Å². The molecule has 2 rings (SSSR count). The van der Waals surface area contributed by atoms with E-state index in [2.05, 4.69) is 64.2 Å². The van der Waals surface area contributed by atoms with Crippen molar-refractivity contribution in [3.63, 3.8) is 0 Å². The molecule has 1 N–H and O–H groups in total. The summed E-state index contributed by atoms with van der Waals surface area (Å²) >= 11 is 0. The van der Waals surface area contributed by atoms with Crippen molar-refractivity contribution in [2.24, 2.45) is 0 Å². The average Bonchev–Trinajstić information content (AvgIpc) is 2.43. The Morgan fingerprint density at radius 3 is 2.43 bits per heavy atom. The van der Waals surface area contributed by atoms with Crippen LogP contribution < -0.4 is 5.32 Å². The summed E-state index contributed by atoms with van der Waals surface area (Å²) in [4.78, 5) is 4.82. The maximum Gasteiger partial charge on any atom is 0.0726 e. The molecule has 0 saturated carbocycles. The van der Waals surface area contributed by atoms with Gasteiger partial charge in [0.15, 0.2) is 0 Å². The van der Waals surface area contributed by atoms with E-state index >= 15 is 0 Å². The minimum absolute atomic E-state index is 0.165. The zero-order chi connectivity index (χ0) is 15.5. The first-order valence-corrected chi connectivity index (χ1v) is 8.13. The fraction of sp³-hybridized carbons (Fsp3) is 0.526. The number of benzene rings is 1. The number of hydrogen-bond donors (Lipinski definition) is 1. The van der Waals surface area contributed by atoms with Crippen LogP contribution in [0.15, 0.2) is 24.3 Å². The summed E-state index contributed by atoms with van der Waals surface area (Å²) in [6, 6.07) is 8.92. The number of aryl methyl sites for hydroxylation is 1. The monoisotopic (exact) mass is 284 g/mol. The van der Waals surface area contributed by atoms with Gasteiger partial charge < -0.3 is 5.32 Å². The van der Waals surface area contributed by atoms with Crippen LogP contribution in [-0.2, 0) is 11.8 Å². The number of fused-ring (bicyclic) bond motifs is 1. The highest BCUT2D eigenvalue weighted by molar-refractivity contribution is 5.92. The third-order valence-electron chi connectivity index (χ3n) is 3.80. The van der Waals surface area contributed by atoms with Crippen LogP contribution in [0, 0.1) is 0 Å². The van der Waals surface area contributed by atoms with Gasteiger partial charge in [0.1, 0.15) is 0 Å². The van der Waals surface area contributed by atoms with E-state index in [1.807, 2.05) is 0 Å². The third-order valence-corrected chi connectivity index (χ3v) is 3.80. The van der Waals surface area contributed by atoms with Gasteiger partial charge in [-0.05, 0) is 42.0 Å². The molecule has 0 aliphatic heterocycles. The predicted molar refractivity (Wildman–Crippen MR) is 93.2 cm³/mol. The van der Waals surface area contributed by atoms with E-state index in [0.717, 1.165) is 31.3 Å². The standard InChI is InChI=1S/C19H28N2/c1-6-8-15-13-18(20-11-7-2)16-12-14(19(3,4)5)9-10-17(16)21-15/h9-10,12-13H,6-8,11H2,1-5H3,(H,20,21). The molecule has 0 unspecified atom stereocenters. The van der Waals surface area contributed by atoms with E-state index in [1.165, 1.54) is 22.3 Å². The van der Waals surface area contributed by atoms with Crippen LogP contribution in [0.5, 0.6) is 0 Å². The van der Waals surface area contributed by atoms with Crippen LogP contribution in [0.2, 0.25) is 0 Å². The normalized spacial score (nSPS) is 11.9. The summed E-state index contributed by atoms with van der Waals surface area (Å²) in [5.41, 5.74) is 5.05. The van der Waals surface area contributed by atoms with Crippen molar-refractivity contribution >= 4 is 16.6 Å². The summed E-state index contributed by atoms with van der Waals surface area (Å²) in [7, 11) is 0. The Bertz CT molecular complexity index is 609. The molecule has 114 valence electrons. The molecule has 2 aromatic rings. The number of nitrogens with zero attached hydrogens (tertiary/aromatic N) is 1. The van der Waals surface area contributed by atoms with Crippen molar-refractivity contribution < 1.29 is 0 Å². The molecule has 0 aliphatic carbocycles. The van der Waals surface area contributed by atoms with E-state index < -0.39 is 0 Å². The van der Waals surface area contributed by atoms with Crippen LogP contribution in [0.25, 0.3) is 10.9 Å². The van der Waals surface area contributed by atoms with Gasteiger partial charge in [-0.25, -0.2) is 0 Å². The largest absolute Gasteiger partial charge is 0.384 e. The number of aromatic nitrogens is 1. The quantitative estimate of drug-likeness (QED) is 0.805. The Labute approximate surface area is 129 Å². The summed E-state index contributed by atoms with van der Waals surface area (Å²) < 4.78 is 0. The lowest BCUT2D eigenvalue weighted by Gasteiger charge is -2.20. The van der Waals surface area contributed by atoms with Crippen LogP contribution in [0.1, 0.15) is 58.7 Å². The molecule has 1 aromatic carbocycles. The maximum atomic E-state index is 4.82. The smallest absolute Gasteiger partial charge is 0.0726 e. The number of pyridine rings is 1. The second kappa shape index (κ2) is 6.46. The molecule has 21 heavy (non-hydrogen) atoms. The van der Waals surface area contributed by atoms with Crippen LogP contribution >= 0.6 is 0 Å². The molecule has 0 atom stereocenters. The minimum Gasteiger partial charge on any atom is -0.384 e. The summed E-state index contributed by atoms with van der Waals surface area (Å²) in [6.07, 6.45) is 3.30. The van der Waals surface area contributed by atoms with E-state index in [4.69, 9.17) is 4.98 Å². The van der Waals surface area contributed by atoms with Gasteiger partial charge in [0, 0.05) is 23.3 Å². The van der Waals surface area contributed by atoms with Crippen molar-refractivity contribution in [3.8, 4) is 0 Å². The molecular formula is C19H28N2. The molecule has 0 fully saturated rings. The molecule has 1 heterocycles. The molecule has 1 aromatic heterocycles.